The van der Waals surface area contributed by atoms with Gasteiger partial charge in [0, 0.05) is 21.7 Å². The predicted molar refractivity (Wildman–Crippen MR) is 170 cm³/mol. The lowest BCUT2D eigenvalue weighted by Gasteiger charge is -2.43. The second-order valence-electron chi connectivity index (χ2n) is 12.7. The first-order chi connectivity index (χ1) is 22.1. The average Bonchev–Trinajstić information content (AvgIpc) is 3.76. The highest BCUT2D eigenvalue weighted by molar-refractivity contribution is 8.00. The third kappa shape index (κ3) is 4.91. The standard InChI is InChI=1S/C33H33N3O8S2/c1-14(2)26(32(40)41)36-30(38)24-19-12-20(25(24)31(36)39)27-23(19)22(28-29(45-27)35-33(42)46-28)15-5-4-6-18(11-15)44-13-21(37)34-16-7-9-17(43-3)10-8-16/h4-11,14,19-20,22-27H,12-13H2,1-3H3,(H,34,37)(H,35,42)(H,40,41)/t19?,20?,22-,23?,24?,25?,26?,27?/m1/s1. The number of benzene rings is 2. The van der Waals surface area contributed by atoms with E-state index in [1.165, 1.54) is 0 Å². The van der Waals surface area contributed by atoms with E-state index in [2.05, 4.69) is 10.3 Å². The van der Waals surface area contributed by atoms with Crippen LogP contribution in [0.3, 0.4) is 0 Å². The zero-order chi connectivity index (χ0) is 32.4. The van der Waals surface area contributed by atoms with Crippen molar-refractivity contribution in [2.45, 2.75) is 42.5 Å². The van der Waals surface area contributed by atoms with Gasteiger partial charge in [-0.1, -0.05) is 37.3 Å². The van der Waals surface area contributed by atoms with E-state index in [-0.39, 0.29) is 58.1 Å². The van der Waals surface area contributed by atoms with E-state index < -0.39 is 29.8 Å². The van der Waals surface area contributed by atoms with Crippen LogP contribution >= 0.6 is 23.1 Å². The van der Waals surface area contributed by atoms with Crippen molar-refractivity contribution < 1.29 is 33.8 Å². The van der Waals surface area contributed by atoms with Gasteiger partial charge in [-0.3, -0.25) is 24.1 Å². The van der Waals surface area contributed by atoms with E-state index in [0.717, 1.165) is 31.7 Å². The third-order valence-electron chi connectivity index (χ3n) is 9.88. The molecule has 0 radical (unpaired) electrons. The summed E-state index contributed by atoms with van der Waals surface area (Å²) >= 11 is 2.72. The van der Waals surface area contributed by atoms with Crippen LogP contribution < -0.4 is 19.7 Å². The molecule has 7 rings (SSSR count). The van der Waals surface area contributed by atoms with Crippen molar-refractivity contribution >= 4 is 52.5 Å². The fourth-order valence-electron chi connectivity index (χ4n) is 8.20. The highest BCUT2D eigenvalue weighted by atomic mass is 32.2. The molecule has 2 aliphatic carbocycles. The highest BCUT2D eigenvalue weighted by Crippen LogP contribution is 2.68. The summed E-state index contributed by atoms with van der Waals surface area (Å²) in [5.74, 6) is -3.24. The van der Waals surface area contributed by atoms with Crippen molar-refractivity contribution in [3.8, 4) is 11.5 Å². The first-order valence-corrected chi connectivity index (χ1v) is 16.9. The fourth-order valence-corrected chi connectivity index (χ4v) is 11.1. The number of thiazole rings is 1. The molecule has 46 heavy (non-hydrogen) atoms. The first-order valence-electron chi connectivity index (χ1n) is 15.2. The number of hydrogen-bond acceptors (Lipinski definition) is 9. The molecule has 2 aromatic carbocycles. The van der Waals surface area contributed by atoms with Crippen LogP contribution in [0.5, 0.6) is 11.5 Å². The van der Waals surface area contributed by atoms with E-state index in [1.54, 1.807) is 63.1 Å². The van der Waals surface area contributed by atoms with Crippen LogP contribution in [0.15, 0.2) is 58.4 Å². The summed E-state index contributed by atoms with van der Waals surface area (Å²) in [4.78, 5) is 69.8. The molecule has 0 spiro atoms. The van der Waals surface area contributed by atoms with Gasteiger partial charge in [-0.15, -0.1) is 11.8 Å². The summed E-state index contributed by atoms with van der Waals surface area (Å²) in [6.45, 7) is 3.20. The molecule has 3 amide bonds. The van der Waals surface area contributed by atoms with Gasteiger partial charge in [0.25, 0.3) is 5.91 Å². The normalized spacial score (nSPS) is 28.1. The van der Waals surface area contributed by atoms with Crippen LogP contribution in [0.1, 0.15) is 36.6 Å². The number of nitrogens with zero attached hydrogens (tertiary/aromatic N) is 1. The summed E-state index contributed by atoms with van der Waals surface area (Å²) in [5, 5.41) is 13.5. The maximum absolute atomic E-state index is 13.9. The molecule has 2 saturated carbocycles. The molecule has 3 aromatic rings. The zero-order valence-corrected chi connectivity index (χ0v) is 26.9. The number of carboxylic acids is 1. The summed E-state index contributed by atoms with van der Waals surface area (Å²) < 4.78 is 11.1. The predicted octanol–water partition coefficient (Wildman–Crippen LogP) is 4.05. The largest absolute Gasteiger partial charge is 0.497 e. The van der Waals surface area contributed by atoms with E-state index in [0.29, 0.717) is 23.6 Å². The number of H-pyrrole nitrogens is 1. The van der Waals surface area contributed by atoms with Crippen LogP contribution in [0.4, 0.5) is 5.69 Å². The Labute approximate surface area is 272 Å². The zero-order valence-electron chi connectivity index (χ0n) is 25.3. The Hall–Kier alpha value is -4.10. The number of methoxy groups -OCH3 is 1. The second kappa shape index (κ2) is 11.6. The quantitative estimate of drug-likeness (QED) is 0.288. The SMILES string of the molecule is COc1ccc(NC(=O)COc2cccc([C@H]3c4sc(=O)[nH]c4SC4C5CC(C6C(=O)N(C(C(=O)O)C(C)C)C(=O)C56)C43)c2)cc1. The molecular weight excluding hydrogens is 631 g/mol. The molecule has 3 fully saturated rings. The molecule has 13 heteroatoms. The van der Waals surface area contributed by atoms with Crippen LogP contribution in [0, 0.1) is 35.5 Å². The Morgan fingerprint density at radius 2 is 1.76 bits per heavy atom. The number of carbonyl (C=O) groups is 4. The lowest BCUT2D eigenvalue weighted by atomic mass is 9.68. The van der Waals surface area contributed by atoms with Crippen molar-refractivity contribution in [1.82, 2.24) is 9.88 Å². The third-order valence-corrected chi connectivity index (χ3v) is 12.5. The highest BCUT2D eigenvalue weighted by Gasteiger charge is 2.70. The molecule has 1 saturated heterocycles. The Kier molecular flexibility index (Phi) is 7.71. The van der Waals surface area contributed by atoms with E-state index in [9.17, 15) is 29.1 Å². The molecular formula is C33H33N3O8S2. The molecule has 11 nitrogen and oxygen atoms in total. The number of carbonyl (C=O) groups excluding carboxylic acids is 3. The molecule has 7 unspecified atom stereocenters. The molecule has 240 valence electrons. The second-order valence-corrected chi connectivity index (χ2v) is 14.9. The van der Waals surface area contributed by atoms with Crippen molar-refractivity contribution in [3.63, 3.8) is 0 Å². The molecule has 1 aromatic heterocycles. The topological polar surface area (TPSA) is 155 Å². The number of imide groups is 1. The van der Waals surface area contributed by atoms with Gasteiger partial charge < -0.3 is 24.9 Å². The lowest BCUT2D eigenvalue weighted by molar-refractivity contribution is -0.157. The van der Waals surface area contributed by atoms with Gasteiger partial charge in [0.2, 0.25) is 11.8 Å². The molecule has 2 aliphatic heterocycles. The molecule has 2 bridgehead atoms. The monoisotopic (exact) mass is 663 g/mol. The number of nitrogens with one attached hydrogen (secondary N) is 2. The van der Waals surface area contributed by atoms with Gasteiger partial charge in [0.15, 0.2) is 6.61 Å². The van der Waals surface area contributed by atoms with Crippen LogP contribution in [0.25, 0.3) is 0 Å². The maximum Gasteiger partial charge on any atom is 0.327 e. The summed E-state index contributed by atoms with van der Waals surface area (Å²) in [7, 11) is 1.57. The van der Waals surface area contributed by atoms with Crippen LogP contribution in [0.2, 0.25) is 0 Å². The van der Waals surface area contributed by atoms with E-state index >= 15 is 0 Å². The number of aromatic amines is 1. The number of fused-ring (bicyclic) bond motifs is 9. The van der Waals surface area contributed by atoms with Gasteiger partial charge in [0.1, 0.15) is 17.5 Å². The molecule has 4 aliphatic rings. The Morgan fingerprint density at radius 3 is 2.43 bits per heavy atom. The van der Waals surface area contributed by atoms with Crippen LogP contribution in [-0.2, 0) is 19.2 Å². The number of amides is 3. The number of rotatable bonds is 9. The molecule has 3 heterocycles. The van der Waals surface area contributed by atoms with Gasteiger partial charge in [0.05, 0.1) is 24.0 Å². The van der Waals surface area contributed by atoms with Gasteiger partial charge in [-0.2, -0.15) is 0 Å². The first kappa shape index (κ1) is 30.5. The average molecular weight is 664 g/mol. The number of hydrogen-bond donors (Lipinski definition) is 3. The van der Waals surface area contributed by atoms with Crippen molar-refractivity contribution in [2.24, 2.45) is 35.5 Å². The van der Waals surface area contributed by atoms with Crippen molar-refractivity contribution in [2.75, 3.05) is 19.0 Å². The number of thioether (sulfide) groups is 1. The Bertz CT molecular complexity index is 1790. The summed E-state index contributed by atoms with van der Waals surface area (Å²) in [5.41, 5.74) is 1.50. The summed E-state index contributed by atoms with van der Waals surface area (Å²) in [6, 6.07) is 13.2. The van der Waals surface area contributed by atoms with Gasteiger partial charge >= 0.3 is 10.8 Å². The smallest absolute Gasteiger partial charge is 0.327 e. The minimum absolute atomic E-state index is 0.0344. The minimum atomic E-state index is -1.20. The number of carboxylic acid groups (broad SMARTS) is 1. The van der Waals surface area contributed by atoms with Gasteiger partial charge in [-0.25, -0.2) is 4.79 Å². The molecule has 8 atom stereocenters. The number of aliphatic carboxylic acids is 1. The Balaban J connectivity index is 1.16. The number of likely N-dealkylation sites (tertiary alicyclic amines) is 1. The molecule has 3 N–H and O–H groups in total. The lowest BCUT2D eigenvalue weighted by Crippen LogP contribution is -2.49. The van der Waals surface area contributed by atoms with Crippen molar-refractivity contribution in [3.05, 3.63) is 68.6 Å². The van der Waals surface area contributed by atoms with Crippen LogP contribution in [-0.4, -0.2) is 63.7 Å². The Morgan fingerprint density at radius 1 is 1.04 bits per heavy atom. The maximum atomic E-state index is 13.9. The number of anilines is 1. The fraction of sp³-hybridized carbons (Fsp3) is 0.424. The van der Waals surface area contributed by atoms with E-state index in [1.807, 2.05) is 18.2 Å². The summed E-state index contributed by atoms with van der Waals surface area (Å²) in [6.07, 6.45) is 0.694. The number of aromatic nitrogens is 1. The number of ether oxygens (including phenoxy) is 2. The van der Waals surface area contributed by atoms with Crippen molar-refractivity contribution in [1.29, 1.82) is 0 Å². The van der Waals surface area contributed by atoms with Gasteiger partial charge in [-0.05, 0) is 72.1 Å². The minimum Gasteiger partial charge on any atom is -0.497 e. The van der Waals surface area contributed by atoms with E-state index in [4.69, 9.17) is 9.47 Å².